The van der Waals surface area contributed by atoms with Gasteiger partial charge in [-0.2, -0.15) is 0 Å². The molecular formula is C27H35N3O. The summed E-state index contributed by atoms with van der Waals surface area (Å²) in [6, 6.07) is 9.62. The van der Waals surface area contributed by atoms with Gasteiger partial charge in [-0.25, -0.2) is 0 Å². The fourth-order valence-corrected chi connectivity index (χ4v) is 7.40. The van der Waals surface area contributed by atoms with Gasteiger partial charge >= 0.3 is 0 Å². The zero-order valence-electron chi connectivity index (χ0n) is 19.0. The van der Waals surface area contributed by atoms with Crippen molar-refractivity contribution in [2.75, 3.05) is 26.2 Å². The summed E-state index contributed by atoms with van der Waals surface area (Å²) in [6.07, 6.45) is 10.6. The van der Waals surface area contributed by atoms with Crippen LogP contribution in [-0.4, -0.2) is 58.4 Å². The number of ketones is 1. The van der Waals surface area contributed by atoms with Crippen LogP contribution in [0.25, 0.3) is 10.9 Å². The molecule has 0 radical (unpaired) electrons. The van der Waals surface area contributed by atoms with Gasteiger partial charge in [0.15, 0.2) is 5.78 Å². The number of piperidine rings is 3. The van der Waals surface area contributed by atoms with E-state index in [1.807, 2.05) is 0 Å². The summed E-state index contributed by atoms with van der Waals surface area (Å²) < 4.78 is 2.17. The summed E-state index contributed by atoms with van der Waals surface area (Å²) in [5.74, 6) is 1.74. The number of likely N-dealkylation sites (tertiary alicyclic amines) is 1. The van der Waals surface area contributed by atoms with Crippen LogP contribution < -0.4 is 0 Å². The van der Waals surface area contributed by atoms with Gasteiger partial charge in [0.25, 0.3) is 0 Å². The van der Waals surface area contributed by atoms with E-state index < -0.39 is 0 Å². The van der Waals surface area contributed by atoms with Crippen LogP contribution in [0, 0.1) is 18.8 Å². The Morgan fingerprint density at radius 3 is 2.90 bits per heavy atom. The van der Waals surface area contributed by atoms with E-state index in [1.54, 1.807) is 5.57 Å². The van der Waals surface area contributed by atoms with E-state index in [0.29, 0.717) is 24.3 Å². The number of hydrogen-bond donors (Lipinski definition) is 0. The van der Waals surface area contributed by atoms with Crippen molar-refractivity contribution in [3.05, 3.63) is 47.2 Å². The molecule has 0 unspecified atom stereocenters. The van der Waals surface area contributed by atoms with Crippen molar-refractivity contribution in [3.63, 3.8) is 0 Å². The number of carbonyl (C=O) groups excluding carboxylic acids is 1. The molecule has 4 atom stereocenters. The molecule has 2 aromatic rings. The van der Waals surface area contributed by atoms with E-state index in [0.717, 1.165) is 40.7 Å². The van der Waals surface area contributed by atoms with Crippen LogP contribution in [0.15, 0.2) is 35.9 Å². The van der Waals surface area contributed by atoms with Crippen LogP contribution in [0.1, 0.15) is 54.6 Å². The normalized spacial score (nSPS) is 31.2. The third-order valence-electron chi connectivity index (χ3n) is 8.79. The lowest BCUT2D eigenvalue weighted by molar-refractivity contribution is 0.000417. The van der Waals surface area contributed by atoms with E-state index in [4.69, 9.17) is 0 Å². The molecule has 4 heteroatoms. The highest BCUT2D eigenvalue weighted by molar-refractivity contribution is 6.10. The highest BCUT2D eigenvalue weighted by Gasteiger charge is 2.46. The molecule has 0 N–H and O–H groups in total. The maximum atomic E-state index is 13.7. The summed E-state index contributed by atoms with van der Waals surface area (Å²) in [6.45, 7) is 6.23. The molecule has 4 heterocycles. The molecular weight excluding hydrogens is 382 g/mol. The van der Waals surface area contributed by atoms with Crippen LogP contribution in [0.5, 0.6) is 0 Å². The van der Waals surface area contributed by atoms with Crippen LogP contribution in [0.4, 0.5) is 0 Å². The number of aryl methyl sites for hydroxylation is 1. The van der Waals surface area contributed by atoms with Gasteiger partial charge < -0.3 is 4.57 Å². The van der Waals surface area contributed by atoms with Crippen molar-refractivity contribution in [3.8, 4) is 0 Å². The second-order valence-corrected chi connectivity index (χ2v) is 10.4. The van der Waals surface area contributed by atoms with Gasteiger partial charge in [-0.3, -0.25) is 14.6 Å². The van der Waals surface area contributed by atoms with Crippen molar-refractivity contribution < 1.29 is 4.79 Å². The standard InChI is InChI=1S/C27H35N3O/c1-18-26(22-9-3-4-11-24(22)28(18)2)25(31)17-30-13-7-8-19-14-20-15-21(27(19)30)16-29-12-6-5-10-23(20)29/h3-4,9,11,14,20-21,23,27H,5-8,10,12-13,15-17H2,1-2H3/t20-,21-,23+,27+/m0/s1. The Labute approximate surface area is 185 Å². The molecule has 1 aromatic carbocycles. The first-order valence-electron chi connectivity index (χ1n) is 12.4. The highest BCUT2D eigenvalue weighted by Crippen LogP contribution is 2.45. The summed E-state index contributed by atoms with van der Waals surface area (Å²) >= 11 is 0. The largest absolute Gasteiger partial charge is 0.347 e. The zero-order chi connectivity index (χ0) is 21.1. The Morgan fingerprint density at radius 2 is 2.00 bits per heavy atom. The van der Waals surface area contributed by atoms with Gasteiger partial charge in [0.2, 0.25) is 0 Å². The van der Waals surface area contributed by atoms with Crippen molar-refractivity contribution in [2.45, 2.75) is 57.5 Å². The SMILES string of the molecule is Cc1c(C(=O)CN2CCCC3=C[C@H]4C[C@@H](CN5CCCC[C@H]45)[C@@H]32)c2ccccc2n1C. The molecule has 3 aliphatic heterocycles. The Hall–Kier alpha value is -1.91. The fourth-order valence-electron chi connectivity index (χ4n) is 7.40. The first-order valence-corrected chi connectivity index (χ1v) is 12.4. The van der Waals surface area contributed by atoms with E-state index in [1.165, 1.54) is 51.6 Å². The van der Waals surface area contributed by atoms with Crippen molar-refractivity contribution in [1.82, 2.24) is 14.4 Å². The molecule has 0 spiro atoms. The molecule has 0 amide bonds. The molecule has 1 aliphatic carbocycles. The molecule has 2 bridgehead atoms. The number of rotatable bonds is 3. The molecule has 3 fully saturated rings. The predicted octanol–water partition coefficient (Wildman–Crippen LogP) is 4.56. The second-order valence-electron chi connectivity index (χ2n) is 10.4. The van der Waals surface area contributed by atoms with Crippen LogP contribution >= 0.6 is 0 Å². The minimum absolute atomic E-state index is 0.296. The lowest BCUT2D eigenvalue weighted by Crippen LogP contribution is -2.59. The number of aromatic nitrogens is 1. The molecule has 31 heavy (non-hydrogen) atoms. The van der Waals surface area contributed by atoms with E-state index >= 15 is 0 Å². The summed E-state index contributed by atoms with van der Waals surface area (Å²) in [5.41, 5.74) is 4.84. The second kappa shape index (κ2) is 7.60. The fraction of sp³-hybridized carbons (Fsp3) is 0.593. The lowest BCUT2D eigenvalue weighted by Gasteiger charge is -2.54. The third kappa shape index (κ3) is 3.14. The number of Topliss-reactive ketones (excluding diaryl/α,β-unsaturated/α-hetero) is 1. The van der Waals surface area contributed by atoms with Crippen molar-refractivity contribution >= 4 is 16.7 Å². The minimum atomic E-state index is 0.296. The predicted molar refractivity (Wildman–Crippen MR) is 125 cm³/mol. The average molecular weight is 418 g/mol. The number of fused-ring (bicyclic) bond motifs is 7. The molecule has 4 aliphatic rings. The number of nitrogens with zero attached hydrogens (tertiary/aromatic N) is 3. The summed E-state index contributed by atoms with van der Waals surface area (Å²) in [4.78, 5) is 19.0. The Balaban J connectivity index is 1.30. The molecule has 4 nitrogen and oxygen atoms in total. The Bertz CT molecular complexity index is 1050. The van der Waals surface area contributed by atoms with E-state index in [9.17, 15) is 4.79 Å². The summed E-state index contributed by atoms with van der Waals surface area (Å²) in [5, 5.41) is 1.11. The van der Waals surface area contributed by atoms with Crippen molar-refractivity contribution in [2.24, 2.45) is 18.9 Å². The number of carbonyl (C=O) groups is 1. The zero-order valence-corrected chi connectivity index (χ0v) is 19.0. The lowest BCUT2D eigenvalue weighted by atomic mass is 9.68. The Morgan fingerprint density at radius 1 is 1.13 bits per heavy atom. The Kier molecular flexibility index (Phi) is 4.84. The highest BCUT2D eigenvalue weighted by atomic mass is 16.1. The molecule has 0 saturated carbocycles. The van der Waals surface area contributed by atoms with Gasteiger partial charge in [-0.1, -0.05) is 36.3 Å². The van der Waals surface area contributed by atoms with Crippen LogP contribution in [0.3, 0.4) is 0 Å². The van der Waals surface area contributed by atoms with Crippen LogP contribution in [0.2, 0.25) is 0 Å². The first-order chi connectivity index (χ1) is 15.1. The number of para-hydroxylation sites is 1. The smallest absolute Gasteiger partial charge is 0.179 e. The summed E-state index contributed by atoms with van der Waals surface area (Å²) in [7, 11) is 2.08. The molecule has 1 aromatic heterocycles. The van der Waals surface area contributed by atoms with E-state index in [2.05, 4.69) is 58.7 Å². The monoisotopic (exact) mass is 417 g/mol. The quantitative estimate of drug-likeness (QED) is 0.541. The minimum Gasteiger partial charge on any atom is -0.347 e. The van der Waals surface area contributed by atoms with E-state index in [-0.39, 0.29) is 0 Å². The van der Waals surface area contributed by atoms with Gasteiger partial charge in [0.05, 0.1) is 6.54 Å². The maximum absolute atomic E-state index is 13.7. The van der Waals surface area contributed by atoms with Crippen molar-refractivity contribution in [1.29, 1.82) is 0 Å². The van der Waals surface area contributed by atoms with Gasteiger partial charge in [0, 0.05) is 47.8 Å². The number of hydrogen-bond acceptors (Lipinski definition) is 3. The average Bonchev–Trinajstić information content (AvgIpc) is 3.04. The molecule has 3 saturated heterocycles. The third-order valence-corrected chi connectivity index (χ3v) is 8.79. The van der Waals surface area contributed by atoms with Gasteiger partial charge in [0.1, 0.15) is 0 Å². The van der Waals surface area contributed by atoms with Gasteiger partial charge in [-0.15, -0.1) is 0 Å². The molecule has 6 rings (SSSR count). The number of benzene rings is 1. The topological polar surface area (TPSA) is 28.5 Å². The first kappa shape index (κ1) is 19.8. The van der Waals surface area contributed by atoms with Crippen LogP contribution in [-0.2, 0) is 7.05 Å². The maximum Gasteiger partial charge on any atom is 0.179 e. The molecule has 164 valence electrons. The van der Waals surface area contributed by atoms with Gasteiger partial charge in [-0.05, 0) is 70.0 Å².